The van der Waals surface area contributed by atoms with Gasteiger partial charge in [-0.2, -0.15) is 0 Å². The lowest BCUT2D eigenvalue weighted by molar-refractivity contribution is 1.43. The van der Waals surface area contributed by atoms with Gasteiger partial charge in [0.25, 0.3) is 0 Å². The fourth-order valence-corrected chi connectivity index (χ4v) is 2.56. The van der Waals surface area contributed by atoms with Gasteiger partial charge in [0.15, 0.2) is 0 Å². The van der Waals surface area contributed by atoms with E-state index in [1.807, 2.05) is 6.20 Å². The lowest BCUT2D eigenvalue weighted by Gasteiger charge is -1.96. The van der Waals surface area contributed by atoms with Gasteiger partial charge in [-0.25, -0.2) is 0 Å². The second-order valence-corrected chi connectivity index (χ2v) is 4.11. The maximum absolute atomic E-state index is 3.19. The van der Waals surface area contributed by atoms with Gasteiger partial charge in [0.1, 0.15) is 0 Å². The third kappa shape index (κ3) is 1.11. The maximum atomic E-state index is 3.19. The summed E-state index contributed by atoms with van der Waals surface area (Å²) in [5, 5.41) is 2.61. The van der Waals surface area contributed by atoms with Crippen molar-refractivity contribution in [3.8, 4) is 0 Å². The number of rotatable bonds is 0. The first-order valence-corrected chi connectivity index (χ1v) is 5.37. The fraction of sp³-hybridized carbons (Fsp3) is 0. The second kappa shape index (κ2) is 3.07. The Labute approximate surface area is 86.7 Å². The summed E-state index contributed by atoms with van der Waals surface area (Å²) in [4.78, 5) is 1.32. The SMILES string of the molecule is C1=CC2=CNSC2=c2ccccc2=C1. The molecule has 0 saturated heterocycles. The molecule has 1 aliphatic heterocycles. The highest BCUT2D eigenvalue weighted by atomic mass is 32.2. The van der Waals surface area contributed by atoms with Gasteiger partial charge < -0.3 is 4.72 Å². The van der Waals surface area contributed by atoms with Crippen molar-refractivity contribution in [3.05, 3.63) is 58.6 Å². The molecule has 0 aromatic heterocycles. The van der Waals surface area contributed by atoms with Crippen LogP contribution in [0.1, 0.15) is 0 Å². The van der Waals surface area contributed by atoms with Crippen molar-refractivity contribution < 1.29 is 0 Å². The summed E-state index contributed by atoms with van der Waals surface area (Å²) in [6.45, 7) is 0. The zero-order valence-corrected chi connectivity index (χ0v) is 8.34. The Kier molecular flexibility index (Phi) is 1.74. The predicted octanol–water partition coefficient (Wildman–Crippen LogP) is 1.28. The molecule has 1 aromatic rings. The normalized spacial score (nSPS) is 17.4. The van der Waals surface area contributed by atoms with E-state index >= 15 is 0 Å². The summed E-state index contributed by atoms with van der Waals surface area (Å²) in [6, 6.07) is 8.48. The zero-order valence-electron chi connectivity index (χ0n) is 7.53. The first-order valence-electron chi connectivity index (χ1n) is 4.56. The van der Waals surface area contributed by atoms with Crippen LogP contribution in [0.2, 0.25) is 0 Å². The average Bonchev–Trinajstić information content (AvgIpc) is 2.61. The largest absolute Gasteiger partial charge is 0.332 e. The quantitative estimate of drug-likeness (QED) is 0.632. The summed E-state index contributed by atoms with van der Waals surface area (Å²) in [6.07, 6.45) is 8.45. The molecule has 0 fully saturated rings. The zero-order chi connectivity index (χ0) is 9.38. The first-order chi connectivity index (χ1) is 6.95. The van der Waals surface area contributed by atoms with Crippen molar-refractivity contribution in [1.82, 2.24) is 4.72 Å². The van der Waals surface area contributed by atoms with Crippen molar-refractivity contribution in [2.45, 2.75) is 0 Å². The van der Waals surface area contributed by atoms with E-state index in [-0.39, 0.29) is 0 Å². The van der Waals surface area contributed by atoms with Crippen LogP contribution in [0.15, 0.2) is 48.2 Å². The standard InChI is InChI=1S/C12H9NS/c1-2-7-11-9(4-1)5-3-6-10-8-13-14-12(10)11/h1-8,13H. The molecule has 1 N–H and O–H groups in total. The average molecular weight is 199 g/mol. The van der Waals surface area contributed by atoms with Crippen LogP contribution in [0.3, 0.4) is 0 Å². The maximum Gasteiger partial charge on any atom is 0.0450 e. The molecule has 0 radical (unpaired) electrons. The van der Waals surface area contributed by atoms with E-state index in [0.29, 0.717) is 0 Å². The van der Waals surface area contributed by atoms with Crippen LogP contribution >= 0.6 is 11.9 Å². The minimum absolute atomic E-state index is 1.27. The van der Waals surface area contributed by atoms with Gasteiger partial charge in [-0.3, -0.25) is 0 Å². The molecule has 2 aliphatic rings. The lowest BCUT2D eigenvalue weighted by atomic mass is 10.2. The van der Waals surface area contributed by atoms with E-state index < -0.39 is 0 Å². The molecule has 1 aliphatic carbocycles. The highest BCUT2D eigenvalue weighted by Gasteiger charge is 2.11. The van der Waals surface area contributed by atoms with Gasteiger partial charge >= 0.3 is 0 Å². The molecule has 0 bridgehead atoms. The molecule has 68 valence electrons. The Morgan fingerprint density at radius 2 is 2.07 bits per heavy atom. The lowest BCUT2D eigenvalue weighted by Crippen LogP contribution is -2.24. The van der Waals surface area contributed by atoms with Crippen molar-refractivity contribution in [2.75, 3.05) is 0 Å². The van der Waals surface area contributed by atoms with Gasteiger partial charge in [0.05, 0.1) is 0 Å². The fourth-order valence-electron chi connectivity index (χ4n) is 1.72. The number of nitrogens with one attached hydrogen (secondary N) is 1. The second-order valence-electron chi connectivity index (χ2n) is 3.26. The Balaban J connectivity index is 2.48. The third-order valence-corrected chi connectivity index (χ3v) is 3.29. The minimum Gasteiger partial charge on any atom is -0.332 e. The van der Waals surface area contributed by atoms with Crippen LogP contribution in [0.4, 0.5) is 0 Å². The highest BCUT2D eigenvalue weighted by molar-refractivity contribution is 8.06. The topological polar surface area (TPSA) is 12.0 Å². The summed E-state index contributed by atoms with van der Waals surface area (Å²) in [7, 11) is 0. The number of benzene rings is 1. The minimum atomic E-state index is 1.27. The highest BCUT2D eigenvalue weighted by Crippen LogP contribution is 2.28. The number of fused-ring (bicyclic) bond motifs is 2. The van der Waals surface area contributed by atoms with E-state index in [4.69, 9.17) is 0 Å². The molecular formula is C12H9NS. The van der Waals surface area contributed by atoms with E-state index in [1.54, 1.807) is 11.9 Å². The molecule has 0 amide bonds. The van der Waals surface area contributed by atoms with Crippen LogP contribution in [-0.2, 0) is 0 Å². The summed E-state index contributed by atoms with van der Waals surface area (Å²) < 4.78 is 3.19. The Morgan fingerprint density at radius 1 is 1.14 bits per heavy atom. The van der Waals surface area contributed by atoms with Crippen molar-refractivity contribution in [3.63, 3.8) is 0 Å². The molecule has 1 nitrogen and oxygen atoms in total. The van der Waals surface area contributed by atoms with Crippen molar-refractivity contribution in [2.24, 2.45) is 0 Å². The predicted molar refractivity (Wildman–Crippen MR) is 61.5 cm³/mol. The molecule has 1 heterocycles. The molecular weight excluding hydrogens is 190 g/mol. The van der Waals surface area contributed by atoms with E-state index in [2.05, 4.69) is 47.2 Å². The molecule has 1 aromatic carbocycles. The molecule has 2 heteroatoms. The Hall–Kier alpha value is -1.41. The monoisotopic (exact) mass is 199 g/mol. The number of allylic oxidation sites excluding steroid dienone is 2. The molecule has 0 unspecified atom stereocenters. The van der Waals surface area contributed by atoms with E-state index in [9.17, 15) is 0 Å². The smallest absolute Gasteiger partial charge is 0.0450 e. The van der Waals surface area contributed by atoms with Crippen LogP contribution in [0.5, 0.6) is 0 Å². The van der Waals surface area contributed by atoms with Gasteiger partial charge in [-0.1, -0.05) is 42.5 Å². The number of hydrogen-bond donors (Lipinski definition) is 1. The summed E-state index contributed by atoms with van der Waals surface area (Å²) in [5.41, 5.74) is 1.27. The van der Waals surface area contributed by atoms with Crippen LogP contribution in [0.25, 0.3) is 11.0 Å². The van der Waals surface area contributed by atoms with Gasteiger partial charge in [0.2, 0.25) is 0 Å². The summed E-state index contributed by atoms with van der Waals surface area (Å²) in [5.74, 6) is 0. The number of hydrogen-bond acceptors (Lipinski definition) is 2. The summed E-state index contributed by atoms with van der Waals surface area (Å²) >= 11 is 1.69. The van der Waals surface area contributed by atoms with Crippen LogP contribution < -0.4 is 15.2 Å². The molecule has 14 heavy (non-hydrogen) atoms. The van der Waals surface area contributed by atoms with Gasteiger partial charge in [-0.05, 0) is 22.4 Å². The van der Waals surface area contributed by atoms with Gasteiger partial charge in [0, 0.05) is 16.7 Å². The third-order valence-electron chi connectivity index (χ3n) is 2.39. The van der Waals surface area contributed by atoms with Gasteiger partial charge in [-0.15, -0.1) is 0 Å². The van der Waals surface area contributed by atoms with E-state index in [0.717, 1.165) is 0 Å². The van der Waals surface area contributed by atoms with Crippen LogP contribution in [0, 0.1) is 0 Å². The van der Waals surface area contributed by atoms with E-state index in [1.165, 1.54) is 20.9 Å². The van der Waals surface area contributed by atoms with Crippen LogP contribution in [-0.4, -0.2) is 0 Å². The first kappa shape index (κ1) is 7.94. The molecule has 0 spiro atoms. The molecule has 3 rings (SSSR count). The Bertz CT molecular complexity index is 552. The Morgan fingerprint density at radius 3 is 3.07 bits per heavy atom. The van der Waals surface area contributed by atoms with Crippen molar-refractivity contribution in [1.29, 1.82) is 0 Å². The van der Waals surface area contributed by atoms with Crippen molar-refractivity contribution >= 4 is 22.9 Å². The molecule has 0 atom stereocenters. The molecule has 0 saturated carbocycles.